The molecule has 1 heterocycles. The number of hydrogen-bond acceptors (Lipinski definition) is 4. The highest BCUT2D eigenvalue weighted by Gasteiger charge is 2.33. The van der Waals surface area contributed by atoms with E-state index in [-0.39, 0.29) is 0 Å². The van der Waals surface area contributed by atoms with Crippen LogP contribution in [0.3, 0.4) is 0 Å². The third-order valence-electron chi connectivity index (χ3n) is 1.68. The molecule has 1 aromatic heterocycles. The first-order chi connectivity index (χ1) is 7.74. The van der Waals surface area contributed by atoms with Crippen LogP contribution >= 0.6 is 0 Å². The van der Waals surface area contributed by atoms with Crippen LogP contribution in [-0.4, -0.2) is 34.1 Å². The lowest BCUT2D eigenvalue weighted by Gasteiger charge is -2.14. The molecule has 0 aliphatic rings. The molecule has 0 aliphatic carbocycles. The second-order valence-electron chi connectivity index (χ2n) is 3.13. The summed E-state index contributed by atoms with van der Waals surface area (Å²) in [6.45, 7) is -2.47. The zero-order chi connectivity index (χ0) is 13.1. The SMILES string of the molecule is OCC(F)(F)CNc1nccc(C(F)(F)F)n1. The number of aliphatic hydroxyl groups excluding tert-OH is 1. The number of hydrogen-bond donors (Lipinski definition) is 2. The minimum atomic E-state index is -4.67. The lowest BCUT2D eigenvalue weighted by atomic mass is 10.3. The molecule has 0 atom stereocenters. The summed E-state index contributed by atoms with van der Waals surface area (Å²) in [4.78, 5) is 6.37. The molecule has 0 radical (unpaired) electrons. The van der Waals surface area contributed by atoms with E-state index in [1.54, 1.807) is 0 Å². The molecule has 0 fully saturated rings. The number of aliphatic hydroxyl groups is 1. The zero-order valence-corrected chi connectivity index (χ0v) is 8.30. The average Bonchev–Trinajstić information content (AvgIpc) is 2.26. The van der Waals surface area contributed by atoms with Crippen LogP contribution in [0.1, 0.15) is 5.69 Å². The van der Waals surface area contributed by atoms with Crippen molar-refractivity contribution in [3.8, 4) is 0 Å². The van der Waals surface area contributed by atoms with Crippen molar-refractivity contribution in [3.05, 3.63) is 18.0 Å². The highest BCUT2D eigenvalue weighted by Crippen LogP contribution is 2.27. The van der Waals surface area contributed by atoms with Gasteiger partial charge >= 0.3 is 6.18 Å². The minimum Gasteiger partial charge on any atom is -0.390 e. The fraction of sp³-hybridized carbons (Fsp3) is 0.500. The van der Waals surface area contributed by atoms with E-state index < -0.39 is 36.9 Å². The van der Waals surface area contributed by atoms with Gasteiger partial charge in [-0.1, -0.05) is 0 Å². The first-order valence-corrected chi connectivity index (χ1v) is 4.37. The Morgan fingerprint density at radius 2 is 1.88 bits per heavy atom. The smallest absolute Gasteiger partial charge is 0.390 e. The quantitative estimate of drug-likeness (QED) is 0.803. The maximum absolute atomic E-state index is 12.6. The Bertz CT molecular complexity index is 382. The highest BCUT2D eigenvalue weighted by molar-refractivity contribution is 5.26. The minimum absolute atomic E-state index is 0.576. The number of rotatable bonds is 4. The highest BCUT2D eigenvalue weighted by atomic mass is 19.4. The number of nitrogens with zero attached hydrogens (tertiary/aromatic N) is 2. The van der Waals surface area contributed by atoms with Gasteiger partial charge in [-0.15, -0.1) is 0 Å². The van der Waals surface area contributed by atoms with E-state index in [9.17, 15) is 22.0 Å². The van der Waals surface area contributed by atoms with Gasteiger partial charge < -0.3 is 10.4 Å². The first kappa shape index (κ1) is 13.6. The van der Waals surface area contributed by atoms with Crippen molar-refractivity contribution in [2.45, 2.75) is 12.1 Å². The molecule has 0 aromatic carbocycles. The largest absolute Gasteiger partial charge is 0.433 e. The molecule has 0 bridgehead atoms. The van der Waals surface area contributed by atoms with E-state index in [1.807, 2.05) is 5.32 Å². The fourth-order valence-electron chi connectivity index (χ4n) is 0.866. The van der Waals surface area contributed by atoms with Crippen LogP contribution in [0, 0.1) is 0 Å². The number of aromatic nitrogens is 2. The number of anilines is 1. The van der Waals surface area contributed by atoms with Crippen molar-refractivity contribution in [2.24, 2.45) is 0 Å². The number of alkyl halides is 5. The second kappa shape index (κ2) is 4.78. The van der Waals surface area contributed by atoms with E-state index in [0.29, 0.717) is 6.07 Å². The predicted molar refractivity (Wildman–Crippen MR) is 47.6 cm³/mol. The maximum atomic E-state index is 12.6. The Morgan fingerprint density at radius 3 is 2.41 bits per heavy atom. The van der Waals surface area contributed by atoms with Crippen LogP contribution in [0.5, 0.6) is 0 Å². The normalized spacial score (nSPS) is 12.6. The molecule has 0 saturated heterocycles. The van der Waals surface area contributed by atoms with Crippen LogP contribution in [-0.2, 0) is 6.18 Å². The van der Waals surface area contributed by atoms with Gasteiger partial charge in [0.25, 0.3) is 5.92 Å². The second-order valence-corrected chi connectivity index (χ2v) is 3.13. The molecular formula is C8H8F5N3O. The summed E-state index contributed by atoms with van der Waals surface area (Å²) in [5, 5.41) is 10.2. The van der Waals surface area contributed by atoms with Crippen molar-refractivity contribution < 1.29 is 27.1 Å². The molecule has 0 aliphatic heterocycles. The summed E-state index contributed by atoms with van der Waals surface area (Å²) in [6.07, 6.45) is -3.87. The molecule has 0 amide bonds. The Kier molecular flexibility index (Phi) is 3.81. The van der Waals surface area contributed by atoms with Gasteiger partial charge in [0.05, 0.1) is 6.54 Å². The molecule has 1 rings (SSSR count). The topological polar surface area (TPSA) is 58.0 Å². The van der Waals surface area contributed by atoms with E-state index in [0.717, 1.165) is 6.20 Å². The van der Waals surface area contributed by atoms with Gasteiger partial charge in [-0.05, 0) is 6.07 Å². The maximum Gasteiger partial charge on any atom is 0.433 e. The summed E-state index contributed by atoms with van der Waals surface area (Å²) >= 11 is 0. The standard InChI is InChI=1S/C8H8F5N3O/c9-7(10,4-17)3-15-6-14-2-1-5(16-6)8(11,12)13/h1-2,17H,3-4H2,(H,14,15,16). The molecule has 17 heavy (non-hydrogen) atoms. The van der Waals surface area contributed by atoms with E-state index in [2.05, 4.69) is 9.97 Å². The van der Waals surface area contributed by atoms with Crippen molar-refractivity contribution in [3.63, 3.8) is 0 Å². The summed E-state index contributed by atoms with van der Waals surface area (Å²) in [5.41, 5.74) is -1.23. The molecule has 0 unspecified atom stereocenters. The van der Waals surface area contributed by atoms with E-state index in [1.165, 1.54) is 0 Å². The van der Waals surface area contributed by atoms with Crippen molar-refractivity contribution in [1.82, 2.24) is 9.97 Å². The van der Waals surface area contributed by atoms with Gasteiger partial charge in [-0.2, -0.15) is 13.2 Å². The Labute approximate surface area is 92.5 Å². The van der Waals surface area contributed by atoms with Crippen LogP contribution in [0.4, 0.5) is 27.9 Å². The Balaban J connectivity index is 2.74. The van der Waals surface area contributed by atoms with Gasteiger partial charge in [0, 0.05) is 6.20 Å². The van der Waals surface area contributed by atoms with Gasteiger partial charge in [0.2, 0.25) is 5.95 Å². The molecule has 0 saturated carbocycles. The third kappa shape index (κ3) is 4.10. The van der Waals surface area contributed by atoms with Crippen LogP contribution < -0.4 is 5.32 Å². The van der Waals surface area contributed by atoms with Crippen LogP contribution in [0.15, 0.2) is 12.3 Å². The summed E-state index contributed by atoms with van der Waals surface area (Å²) in [6, 6.07) is 0.620. The molecular weight excluding hydrogens is 249 g/mol. The van der Waals surface area contributed by atoms with Gasteiger partial charge in [0.1, 0.15) is 12.3 Å². The summed E-state index contributed by atoms with van der Waals surface area (Å²) in [5.74, 6) is -4.02. The van der Waals surface area contributed by atoms with Crippen LogP contribution in [0.25, 0.3) is 0 Å². The molecule has 0 spiro atoms. The average molecular weight is 257 g/mol. The fourth-order valence-corrected chi connectivity index (χ4v) is 0.866. The number of halogens is 5. The monoisotopic (exact) mass is 257 g/mol. The summed E-state index contributed by atoms with van der Waals surface area (Å²) in [7, 11) is 0. The van der Waals surface area contributed by atoms with Crippen molar-refractivity contribution in [1.29, 1.82) is 0 Å². The third-order valence-corrected chi connectivity index (χ3v) is 1.68. The van der Waals surface area contributed by atoms with Crippen LogP contribution in [0.2, 0.25) is 0 Å². The lowest BCUT2D eigenvalue weighted by molar-refractivity contribution is -0.141. The Hall–Kier alpha value is -1.51. The molecule has 1 aromatic rings. The molecule has 2 N–H and O–H groups in total. The van der Waals surface area contributed by atoms with E-state index in [4.69, 9.17) is 5.11 Å². The predicted octanol–water partition coefficient (Wildman–Crippen LogP) is 1.53. The molecule has 4 nitrogen and oxygen atoms in total. The molecule has 9 heteroatoms. The first-order valence-electron chi connectivity index (χ1n) is 4.37. The Morgan fingerprint density at radius 1 is 1.24 bits per heavy atom. The van der Waals surface area contributed by atoms with Crippen molar-refractivity contribution >= 4 is 5.95 Å². The molecule has 96 valence electrons. The van der Waals surface area contributed by atoms with Gasteiger partial charge in [0.15, 0.2) is 0 Å². The lowest BCUT2D eigenvalue weighted by Crippen LogP contribution is -2.31. The zero-order valence-electron chi connectivity index (χ0n) is 8.30. The van der Waals surface area contributed by atoms with Gasteiger partial charge in [-0.3, -0.25) is 0 Å². The van der Waals surface area contributed by atoms with Crippen molar-refractivity contribution in [2.75, 3.05) is 18.5 Å². The van der Waals surface area contributed by atoms with E-state index >= 15 is 0 Å². The summed E-state index contributed by atoms with van der Waals surface area (Å²) < 4.78 is 61.8. The number of nitrogens with one attached hydrogen (secondary N) is 1. The van der Waals surface area contributed by atoms with Gasteiger partial charge in [-0.25, -0.2) is 18.7 Å².